The van der Waals surface area contributed by atoms with E-state index in [0.717, 1.165) is 7.11 Å². The molecule has 1 aromatic carbocycles. The van der Waals surface area contributed by atoms with Gasteiger partial charge < -0.3 is 92.6 Å². The fourth-order valence-electron chi connectivity index (χ4n) is 10.8. The molecular weight excluding hydrogens is 1280 g/mol. The smallest absolute Gasteiger partial charge is 0.411 e. The highest BCUT2D eigenvalue weighted by Gasteiger charge is 2.57. The van der Waals surface area contributed by atoms with Crippen LogP contribution in [0.15, 0.2) is 59.5 Å². The molecule has 0 spiro atoms. The lowest BCUT2D eigenvalue weighted by Crippen LogP contribution is -2.65. The molecule has 4 saturated heterocycles. The molecule has 6 aliphatic rings. The van der Waals surface area contributed by atoms with E-state index in [2.05, 4.69) is 51.7 Å². The van der Waals surface area contributed by atoms with Crippen LogP contribution in [-0.4, -0.2) is 226 Å². The zero-order valence-electron chi connectivity index (χ0n) is 51.8. The van der Waals surface area contributed by atoms with Gasteiger partial charge in [0.25, 0.3) is 5.91 Å². The lowest BCUT2D eigenvalue weighted by molar-refractivity contribution is -0.336. The van der Waals surface area contributed by atoms with Gasteiger partial charge in [-0.3, -0.25) is 19.7 Å². The Morgan fingerprint density at radius 2 is 1.56 bits per heavy atom. The molecule has 498 valence electrons. The third-order valence-electron chi connectivity index (χ3n) is 15.3. The number of ketones is 1. The quantitative estimate of drug-likeness (QED) is 0.0123. The molecule has 90 heavy (non-hydrogen) atoms. The number of methoxy groups -OCH3 is 5. The second-order valence-electron chi connectivity index (χ2n) is 21.5. The van der Waals surface area contributed by atoms with Crippen LogP contribution < -0.4 is 30.9 Å². The third kappa shape index (κ3) is 17.9. The summed E-state index contributed by atoms with van der Waals surface area (Å²) in [6, 6.07) is 1.39. The lowest BCUT2D eigenvalue weighted by Gasteiger charge is -2.47. The van der Waals surface area contributed by atoms with Crippen molar-refractivity contribution in [2.75, 3.05) is 65.7 Å². The number of esters is 1. The Hall–Kier alpha value is -4.27. The van der Waals surface area contributed by atoms with Crippen molar-refractivity contribution in [1.82, 2.24) is 16.1 Å². The van der Waals surface area contributed by atoms with E-state index >= 15 is 4.79 Å². The number of Topliss-reactive ketones (excluding diaryl/α,β-unsaturated/α-hetero) is 1. The van der Waals surface area contributed by atoms with Gasteiger partial charge in [-0.1, -0.05) is 71.8 Å². The number of hydrogen-bond acceptors (Lipinski definition) is 29. The number of hydrogen-bond donors (Lipinski definition) is 8. The van der Waals surface area contributed by atoms with Crippen molar-refractivity contribution >= 4 is 82.4 Å². The molecule has 1 aromatic rings. The molecule has 19 atom stereocenters. The number of alkyl carbamates (subject to hydrolysis) is 1. The second kappa shape index (κ2) is 34.2. The van der Waals surface area contributed by atoms with Crippen molar-refractivity contribution in [2.45, 2.75) is 175 Å². The first-order valence-corrected chi connectivity index (χ1v) is 35.3. The number of thioether (sulfide) groups is 1. The van der Waals surface area contributed by atoms with Crippen LogP contribution in [0.3, 0.4) is 0 Å². The van der Waals surface area contributed by atoms with E-state index in [-0.39, 0.29) is 88.3 Å². The van der Waals surface area contributed by atoms with Crippen molar-refractivity contribution in [3.8, 4) is 35.2 Å². The molecule has 0 radical (unpaired) electrons. The molecular formula is C59H80N4O22S5. The minimum absolute atomic E-state index is 0.0839. The van der Waals surface area contributed by atoms with E-state index in [4.69, 9.17) is 66.4 Å². The summed E-state index contributed by atoms with van der Waals surface area (Å²) in [5.74, 6) is 8.62. The highest BCUT2D eigenvalue weighted by molar-refractivity contribution is 9.26. The number of carbonyl (C=O) groups excluding carboxylic acids is 4. The minimum Gasteiger partial charge on any atom is -0.493 e. The van der Waals surface area contributed by atoms with E-state index in [1.54, 1.807) is 20.1 Å². The van der Waals surface area contributed by atoms with Crippen molar-refractivity contribution in [3.63, 3.8) is 0 Å². The molecule has 2 amide bonds. The number of aliphatic hydroxyl groups is 4. The van der Waals surface area contributed by atoms with Crippen LogP contribution in [0.25, 0.3) is 0 Å². The van der Waals surface area contributed by atoms with Crippen LogP contribution in [0.1, 0.15) is 64.2 Å². The maximum Gasteiger partial charge on any atom is 0.411 e. The first kappa shape index (κ1) is 73.1. The van der Waals surface area contributed by atoms with Gasteiger partial charge in [-0.2, -0.15) is 17.2 Å². The maximum atomic E-state index is 15.6. The molecule has 2 bridgehead atoms. The molecule has 2 aliphatic carbocycles. The standard InChI is InChI=1S/C59H80N4O22S5/c1-28(2)60-36-27-77-43(25-39(36)73-8)83-52-50(66)47(63-85-45-24-37(64)53(86-12)31(5)79-45)29(3)80-57(52)82-38-18-16-14-15-17-20-59(71)34(19-21-88-90-89-87-13)46(38)48(62-58(70)76-11)51(67)54(59)84-44-26-42(49(65)30(4)78-44)81-56(69)33-22-40(74-9)41(75-10)23-35(33)61-55(68)32(6)72-7/h14-15,19,22-23,28-31,36-39,42-45,47,49-50,52-54,57,60,63-66,71H,6,21,24-27H2,1-5,7-13H3,(H,61,68)(H,62,70)/b15-14-,34-19?/t29?,30?,31?,36?,37?,38-,39?,42?,43?,44?,45?,47?,49?,50?,52?,53?,54?,57?,59+/m0/s1. The van der Waals surface area contributed by atoms with Crippen LogP contribution in [-0.2, 0) is 66.5 Å². The zero-order chi connectivity index (χ0) is 65.6. The molecule has 4 heterocycles. The van der Waals surface area contributed by atoms with Crippen LogP contribution in [0.4, 0.5) is 10.5 Å². The Bertz CT molecular complexity index is 2910. The summed E-state index contributed by atoms with van der Waals surface area (Å²) in [6.45, 7) is 12.6. The molecule has 0 aromatic heterocycles. The fourth-order valence-corrected chi connectivity index (χ4v) is 16.6. The SMILES string of the molecule is C=C(OC)C(=O)Nc1cc(OC)c(OC)cc1C(=O)OC1CC(OC2C(=O)C(NC(=O)OC)=C3C(=CCSSSSC)[C@]2(O)C#C/C=C\C#C[C@@H]3OC2OC(C)C(NOC3CC(O)C(SC)C(C)O3)C(O)C2OC2CC(OC)C(NC(C)C)CO2)OC(C)C1O. The molecule has 7 rings (SSSR count). The number of nitrogens with one attached hydrogen (secondary N) is 4. The summed E-state index contributed by atoms with van der Waals surface area (Å²) in [4.78, 5) is 62.6. The summed E-state index contributed by atoms with van der Waals surface area (Å²) < 4.78 is 78.0. The van der Waals surface area contributed by atoms with Crippen molar-refractivity contribution < 1.29 is 106 Å². The van der Waals surface area contributed by atoms with Gasteiger partial charge in [0, 0.05) is 61.4 Å². The Kier molecular flexibility index (Phi) is 27.8. The summed E-state index contributed by atoms with van der Waals surface area (Å²) in [6.07, 6.45) is -11.7. The number of carbonyl (C=O) groups is 4. The van der Waals surface area contributed by atoms with Gasteiger partial charge in [-0.05, 0) is 65.1 Å². The molecule has 4 fully saturated rings. The monoisotopic (exact) mass is 1360 g/mol. The van der Waals surface area contributed by atoms with Crippen molar-refractivity contribution in [3.05, 3.63) is 65.1 Å². The van der Waals surface area contributed by atoms with Gasteiger partial charge in [-0.25, -0.2) is 9.59 Å². The molecule has 0 saturated carbocycles. The summed E-state index contributed by atoms with van der Waals surface area (Å²) in [7, 11) is 12.3. The van der Waals surface area contributed by atoms with Crippen LogP contribution in [0.2, 0.25) is 0 Å². The normalized spacial score (nSPS) is 34.2. The van der Waals surface area contributed by atoms with E-state index in [9.17, 15) is 34.8 Å². The van der Waals surface area contributed by atoms with E-state index < -0.39 is 134 Å². The number of rotatable bonds is 26. The van der Waals surface area contributed by atoms with Crippen LogP contribution >= 0.6 is 53.0 Å². The molecule has 4 aliphatic heterocycles. The van der Waals surface area contributed by atoms with E-state index in [1.807, 2.05) is 33.3 Å². The first-order chi connectivity index (χ1) is 43.0. The number of hydroxylamine groups is 1. The maximum absolute atomic E-state index is 15.6. The Morgan fingerprint density at radius 3 is 2.22 bits per heavy atom. The lowest BCUT2D eigenvalue weighted by atomic mass is 9.73. The highest BCUT2D eigenvalue weighted by Crippen LogP contribution is 2.46. The number of ether oxygens (including phenoxy) is 13. The number of anilines is 1. The van der Waals surface area contributed by atoms with Gasteiger partial charge >= 0.3 is 12.1 Å². The molecule has 8 N–H and O–H groups in total. The third-order valence-corrected chi connectivity index (χ3v) is 22.5. The molecule has 31 heteroatoms. The number of benzene rings is 1. The summed E-state index contributed by atoms with van der Waals surface area (Å²) >= 11 is 1.47. The predicted octanol–water partition coefficient (Wildman–Crippen LogP) is 4.06. The average Bonchev–Trinajstić information content (AvgIpc) is 0.759. The van der Waals surface area contributed by atoms with E-state index in [0.29, 0.717) is 0 Å². The average molecular weight is 1360 g/mol. The fraction of sp³-hybridized carbons (Fsp3) is 0.627. The Balaban J connectivity index is 1.27. The largest absolute Gasteiger partial charge is 0.493 e. The predicted molar refractivity (Wildman–Crippen MR) is 337 cm³/mol. The number of allylic oxidation sites excluding steroid dienone is 2. The number of aliphatic hydroxyl groups excluding tert-OH is 3. The number of fused-ring (bicyclic) bond motifs is 2. The Labute approximate surface area is 542 Å². The topological polar surface area (TPSA) is 327 Å². The summed E-state index contributed by atoms with van der Waals surface area (Å²) in [5.41, 5.74) is -0.959. The van der Waals surface area contributed by atoms with Gasteiger partial charge in [0.1, 0.15) is 30.5 Å². The molecule has 17 unspecified atom stereocenters. The summed E-state index contributed by atoms with van der Waals surface area (Å²) in [5, 5.41) is 56.9. The highest BCUT2D eigenvalue weighted by atomic mass is 33.7. The Morgan fingerprint density at radius 1 is 0.844 bits per heavy atom. The molecule has 26 nitrogen and oxygen atoms in total. The van der Waals surface area contributed by atoms with Gasteiger partial charge in [-0.15, -0.1) is 0 Å². The van der Waals surface area contributed by atoms with Crippen molar-refractivity contribution in [2.24, 2.45) is 0 Å². The zero-order valence-corrected chi connectivity index (χ0v) is 55.9. The van der Waals surface area contributed by atoms with Crippen LogP contribution in [0, 0.1) is 23.7 Å². The first-order valence-electron chi connectivity index (χ1n) is 28.6. The van der Waals surface area contributed by atoms with Gasteiger partial charge in [0.2, 0.25) is 5.78 Å². The van der Waals surface area contributed by atoms with Gasteiger partial charge in [0.15, 0.2) is 54.1 Å². The number of amides is 2. The van der Waals surface area contributed by atoms with Gasteiger partial charge in [0.05, 0.1) is 99.8 Å². The second-order valence-corrected chi connectivity index (χ2v) is 28.6. The van der Waals surface area contributed by atoms with Crippen molar-refractivity contribution in [1.29, 1.82) is 0 Å². The van der Waals surface area contributed by atoms with Crippen LogP contribution in [0.5, 0.6) is 11.5 Å². The van der Waals surface area contributed by atoms with E-state index in [1.165, 1.54) is 106 Å². The minimum atomic E-state index is -2.67.